The van der Waals surface area contributed by atoms with Gasteiger partial charge in [0, 0.05) is 12.5 Å². The first-order valence-electron chi connectivity index (χ1n) is 6.85. The van der Waals surface area contributed by atoms with E-state index in [0.29, 0.717) is 12.5 Å². The van der Waals surface area contributed by atoms with Crippen molar-refractivity contribution in [3.8, 4) is 0 Å². The topological polar surface area (TPSA) is 78.4 Å². The lowest BCUT2D eigenvalue weighted by molar-refractivity contribution is -0.136. The molecule has 1 saturated heterocycles. The second-order valence-electron chi connectivity index (χ2n) is 5.26. The third-order valence-electron chi connectivity index (χ3n) is 3.85. The first kappa shape index (κ1) is 14.5. The Hall–Kier alpha value is -1.88. The molecule has 5 nitrogen and oxygen atoms in total. The first-order valence-corrected chi connectivity index (χ1v) is 6.85. The minimum absolute atomic E-state index is 0.0112. The number of hydrogen-bond donors (Lipinski definition) is 3. The van der Waals surface area contributed by atoms with E-state index in [1.807, 2.05) is 25.1 Å². The molecule has 5 heteroatoms. The summed E-state index contributed by atoms with van der Waals surface area (Å²) < 4.78 is 0. The molecule has 1 atom stereocenters. The summed E-state index contributed by atoms with van der Waals surface area (Å²) in [4.78, 5) is 22.8. The van der Waals surface area contributed by atoms with Gasteiger partial charge in [-0.2, -0.15) is 0 Å². The highest BCUT2D eigenvalue weighted by molar-refractivity contribution is 5.79. The van der Waals surface area contributed by atoms with Crippen LogP contribution in [0.2, 0.25) is 0 Å². The predicted octanol–water partition coefficient (Wildman–Crippen LogP) is 0.785. The minimum atomic E-state index is -0.863. The van der Waals surface area contributed by atoms with Gasteiger partial charge in [0.15, 0.2) is 0 Å². The van der Waals surface area contributed by atoms with Crippen LogP contribution in [-0.4, -0.2) is 30.1 Å². The number of carbonyl (C=O) groups is 2. The lowest BCUT2D eigenvalue weighted by Gasteiger charge is -2.31. The zero-order valence-corrected chi connectivity index (χ0v) is 11.6. The third-order valence-corrected chi connectivity index (χ3v) is 3.85. The fraction of sp³-hybridized carbons (Fsp3) is 0.467. The van der Waals surface area contributed by atoms with Crippen LogP contribution in [0.5, 0.6) is 0 Å². The minimum Gasteiger partial charge on any atom is -0.481 e. The van der Waals surface area contributed by atoms with Crippen molar-refractivity contribution in [2.24, 2.45) is 11.8 Å². The molecule has 1 fully saturated rings. The molecular weight excluding hydrogens is 256 g/mol. The lowest BCUT2D eigenvalue weighted by atomic mass is 9.88. The van der Waals surface area contributed by atoms with E-state index in [2.05, 4.69) is 10.6 Å². The van der Waals surface area contributed by atoms with Crippen molar-refractivity contribution in [1.82, 2.24) is 10.6 Å². The predicted molar refractivity (Wildman–Crippen MR) is 75.2 cm³/mol. The van der Waals surface area contributed by atoms with Crippen LogP contribution < -0.4 is 10.6 Å². The van der Waals surface area contributed by atoms with E-state index in [9.17, 15) is 9.59 Å². The summed E-state index contributed by atoms with van der Waals surface area (Å²) in [5.74, 6) is -0.438. The SMILES string of the molecule is CC(C(=O)NCc1ccccc1CC(=O)O)C1CNC1. The van der Waals surface area contributed by atoms with Crippen LogP contribution >= 0.6 is 0 Å². The summed E-state index contributed by atoms with van der Waals surface area (Å²) in [5, 5.41) is 14.9. The van der Waals surface area contributed by atoms with E-state index < -0.39 is 5.97 Å². The fourth-order valence-corrected chi connectivity index (χ4v) is 2.29. The van der Waals surface area contributed by atoms with E-state index in [1.54, 1.807) is 6.07 Å². The Morgan fingerprint density at radius 2 is 2.00 bits per heavy atom. The summed E-state index contributed by atoms with van der Waals surface area (Å²) in [6.07, 6.45) is -0.0197. The average molecular weight is 276 g/mol. The van der Waals surface area contributed by atoms with Crippen LogP contribution in [0.4, 0.5) is 0 Å². The van der Waals surface area contributed by atoms with Crippen molar-refractivity contribution >= 4 is 11.9 Å². The van der Waals surface area contributed by atoms with E-state index >= 15 is 0 Å². The Balaban J connectivity index is 1.92. The third kappa shape index (κ3) is 3.57. The number of hydrogen-bond acceptors (Lipinski definition) is 3. The molecule has 0 spiro atoms. The first-order chi connectivity index (χ1) is 9.58. The van der Waals surface area contributed by atoms with Crippen molar-refractivity contribution in [3.05, 3.63) is 35.4 Å². The summed E-state index contributed by atoms with van der Waals surface area (Å²) in [6.45, 7) is 4.10. The molecule has 1 aromatic rings. The van der Waals surface area contributed by atoms with Gasteiger partial charge in [0.25, 0.3) is 0 Å². The largest absolute Gasteiger partial charge is 0.481 e. The second kappa shape index (κ2) is 6.52. The van der Waals surface area contributed by atoms with E-state index in [1.165, 1.54) is 0 Å². The Bertz CT molecular complexity index is 498. The molecule has 3 N–H and O–H groups in total. The number of carbonyl (C=O) groups excluding carboxylic acids is 1. The monoisotopic (exact) mass is 276 g/mol. The Morgan fingerprint density at radius 1 is 1.35 bits per heavy atom. The molecule has 1 aromatic carbocycles. The van der Waals surface area contributed by atoms with Gasteiger partial charge in [0.2, 0.25) is 5.91 Å². The maximum absolute atomic E-state index is 12.0. The highest BCUT2D eigenvalue weighted by Gasteiger charge is 2.28. The molecule has 0 aromatic heterocycles. The van der Waals surface area contributed by atoms with Crippen molar-refractivity contribution < 1.29 is 14.7 Å². The number of amides is 1. The van der Waals surface area contributed by atoms with Gasteiger partial charge in [-0.15, -0.1) is 0 Å². The van der Waals surface area contributed by atoms with Crippen LogP contribution in [0.3, 0.4) is 0 Å². The smallest absolute Gasteiger partial charge is 0.307 e. The van der Waals surface area contributed by atoms with Crippen LogP contribution in [0.25, 0.3) is 0 Å². The standard InChI is InChI=1S/C15H20N2O3/c1-10(13-7-16-8-13)15(20)17-9-12-5-3-2-4-11(12)6-14(18)19/h2-5,10,13,16H,6-9H2,1H3,(H,17,20)(H,18,19). The number of aliphatic carboxylic acids is 1. The van der Waals surface area contributed by atoms with Crippen molar-refractivity contribution in [2.75, 3.05) is 13.1 Å². The molecule has 1 unspecified atom stereocenters. The fourth-order valence-electron chi connectivity index (χ4n) is 2.29. The van der Waals surface area contributed by atoms with E-state index in [0.717, 1.165) is 24.2 Å². The van der Waals surface area contributed by atoms with E-state index in [4.69, 9.17) is 5.11 Å². The Morgan fingerprint density at radius 3 is 2.55 bits per heavy atom. The molecule has 0 saturated carbocycles. The molecule has 20 heavy (non-hydrogen) atoms. The Labute approximate surface area is 118 Å². The molecule has 1 heterocycles. The molecule has 0 aliphatic carbocycles. The van der Waals surface area contributed by atoms with Crippen molar-refractivity contribution in [2.45, 2.75) is 19.9 Å². The van der Waals surface area contributed by atoms with Gasteiger partial charge in [-0.3, -0.25) is 9.59 Å². The molecule has 1 amide bonds. The van der Waals surface area contributed by atoms with Gasteiger partial charge in [0.1, 0.15) is 0 Å². The zero-order chi connectivity index (χ0) is 14.5. The van der Waals surface area contributed by atoms with Gasteiger partial charge in [-0.1, -0.05) is 31.2 Å². The normalized spacial score (nSPS) is 16.2. The number of carboxylic acid groups (broad SMARTS) is 1. The van der Waals surface area contributed by atoms with Gasteiger partial charge in [-0.05, 0) is 30.1 Å². The molecule has 1 aliphatic rings. The van der Waals surface area contributed by atoms with Crippen molar-refractivity contribution in [3.63, 3.8) is 0 Å². The average Bonchev–Trinajstić information content (AvgIpc) is 2.34. The second-order valence-corrected chi connectivity index (χ2v) is 5.26. The van der Waals surface area contributed by atoms with Crippen LogP contribution in [0, 0.1) is 11.8 Å². The summed E-state index contributed by atoms with van der Waals surface area (Å²) in [5.41, 5.74) is 1.61. The molecule has 0 radical (unpaired) electrons. The highest BCUT2D eigenvalue weighted by atomic mass is 16.4. The van der Waals surface area contributed by atoms with Gasteiger partial charge in [0.05, 0.1) is 6.42 Å². The van der Waals surface area contributed by atoms with Crippen LogP contribution in [0.1, 0.15) is 18.1 Å². The molecule has 1 aliphatic heterocycles. The number of benzene rings is 1. The number of nitrogens with one attached hydrogen (secondary N) is 2. The van der Waals surface area contributed by atoms with Gasteiger partial charge < -0.3 is 15.7 Å². The van der Waals surface area contributed by atoms with Crippen molar-refractivity contribution in [1.29, 1.82) is 0 Å². The highest BCUT2D eigenvalue weighted by Crippen LogP contribution is 2.16. The molecule has 108 valence electrons. The summed E-state index contributed by atoms with van der Waals surface area (Å²) in [6, 6.07) is 7.31. The quantitative estimate of drug-likeness (QED) is 0.717. The summed E-state index contributed by atoms with van der Waals surface area (Å²) >= 11 is 0. The maximum Gasteiger partial charge on any atom is 0.307 e. The van der Waals surface area contributed by atoms with Crippen LogP contribution in [0.15, 0.2) is 24.3 Å². The van der Waals surface area contributed by atoms with Gasteiger partial charge >= 0.3 is 5.97 Å². The maximum atomic E-state index is 12.0. The van der Waals surface area contributed by atoms with Crippen LogP contribution in [-0.2, 0) is 22.6 Å². The lowest BCUT2D eigenvalue weighted by Crippen LogP contribution is -2.49. The Kier molecular flexibility index (Phi) is 4.74. The van der Waals surface area contributed by atoms with E-state index in [-0.39, 0.29) is 18.2 Å². The molecule has 2 rings (SSSR count). The molecular formula is C15H20N2O3. The summed E-state index contributed by atoms with van der Waals surface area (Å²) in [7, 11) is 0. The number of rotatable bonds is 6. The molecule has 0 bridgehead atoms. The number of carboxylic acids is 1. The van der Waals surface area contributed by atoms with Gasteiger partial charge in [-0.25, -0.2) is 0 Å². The zero-order valence-electron chi connectivity index (χ0n) is 11.6.